The van der Waals surface area contributed by atoms with E-state index >= 15 is 0 Å². The van der Waals surface area contributed by atoms with Gasteiger partial charge in [-0.3, -0.25) is 0 Å². The molecule has 0 amide bonds. The molecule has 112 valence electrons. The van der Waals surface area contributed by atoms with Crippen molar-refractivity contribution in [3.05, 3.63) is 35.0 Å². The van der Waals surface area contributed by atoms with Gasteiger partial charge in [0, 0.05) is 35.6 Å². The maximum atomic E-state index is 4.68. The van der Waals surface area contributed by atoms with Gasteiger partial charge in [-0.05, 0) is 39.5 Å². The second-order valence-corrected chi connectivity index (χ2v) is 6.10. The Balaban J connectivity index is 1.88. The number of nitrogens with one attached hydrogen (secondary N) is 1. The first kappa shape index (κ1) is 14.2. The van der Waals surface area contributed by atoms with E-state index in [2.05, 4.69) is 41.2 Å². The number of aryl methyl sites for hydroxylation is 2. The normalized spacial score (nSPS) is 16.2. The van der Waals surface area contributed by atoms with Crippen molar-refractivity contribution in [1.29, 1.82) is 0 Å². The molecule has 1 fully saturated rings. The molecule has 1 unspecified atom stereocenters. The van der Waals surface area contributed by atoms with Gasteiger partial charge in [-0.2, -0.15) is 5.10 Å². The Hall–Kier alpha value is -1.75. The number of aromatic nitrogens is 4. The zero-order valence-corrected chi connectivity index (χ0v) is 13.2. The lowest BCUT2D eigenvalue weighted by atomic mass is 9.99. The van der Waals surface area contributed by atoms with E-state index < -0.39 is 0 Å². The van der Waals surface area contributed by atoms with Crippen LogP contribution in [0.3, 0.4) is 0 Å². The van der Waals surface area contributed by atoms with Crippen molar-refractivity contribution < 1.29 is 0 Å². The van der Waals surface area contributed by atoms with Crippen LogP contribution in [0.5, 0.6) is 0 Å². The van der Waals surface area contributed by atoms with Crippen LogP contribution in [0.1, 0.15) is 48.3 Å². The van der Waals surface area contributed by atoms with Crippen LogP contribution < -0.4 is 5.32 Å². The van der Waals surface area contributed by atoms with Gasteiger partial charge >= 0.3 is 0 Å². The number of hydrogen-bond donors (Lipinski definition) is 1. The van der Waals surface area contributed by atoms with Gasteiger partial charge in [0.25, 0.3) is 0 Å². The minimum absolute atomic E-state index is 0.460. The number of rotatable bonds is 5. The molecule has 3 rings (SSSR count). The van der Waals surface area contributed by atoms with Gasteiger partial charge in [-0.1, -0.05) is 6.92 Å². The zero-order chi connectivity index (χ0) is 15.0. The van der Waals surface area contributed by atoms with Crippen molar-refractivity contribution >= 4 is 0 Å². The predicted octanol–water partition coefficient (Wildman–Crippen LogP) is 2.44. The molecule has 1 aliphatic carbocycles. The molecular weight excluding hydrogens is 262 g/mol. The standard InChI is InChI=1S/C16H23N5/c1-10(8-17-14-5-6-14)16-12(3)20-21(13(16)4)15-7-11(2)18-9-19-15/h7,9-10,14,17H,5-6,8H2,1-4H3. The van der Waals surface area contributed by atoms with Crippen LogP contribution in [-0.4, -0.2) is 32.3 Å². The topological polar surface area (TPSA) is 55.6 Å². The van der Waals surface area contributed by atoms with E-state index in [0.717, 1.165) is 29.8 Å². The van der Waals surface area contributed by atoms with Crippen molar-refractivity contribution in [2.24, 2.45) is 0 Å². The molecule has 2 aromatic rings. The second kappa shape index (κ2) is 5.56. The van der Waals surface area contributed by atoms with Crippen LogP contribution >= 0.6 is 0 Å². The summed E-state index contributed by atoms with van der Waals surface area (Å²) in [5, 5.41) is 8.29. The van der Waals surface area contributed by atoms with Crippen molar-refractivity contribution in [2.75, 3.05) is 6.54 Å². The smallest absolute Gasteiger partial charge is 0.157 e. The van der Waals surface area contributed by atoms with Crippen LogP contribution in [0.25, 0.3) is 5.82 Å². The van der Waals surface area contributed by atoms with Gasteiger partial charge in [-0.25, -0.2) is 14.6 Å². The molecule has 1 saturated carbocycles. The summed E-state index contributed by atoms with van der Waals surface area (Å²) >= 11 is 0. The Bertz CT molecular complexity index is 642. The van der Waals surface area contributed by atoms with Gasteiger partial charge in [0.1, 0.15) is 6.33 Å². The molecule has 0 radical (unpaired) electrons. The third-order valence-electron chi connectivity index (χ3n) is 4.14. The SMILES string of the molecule is Cc1cc(-n2nc(C)c(C(C)CNC3CC3)c2C)ncn1. The first-order valence-electron chi connectivity index (χ1n) is 7.64. The summed E-state index contributed by atoms with van der Waals surface area (Å²) in [7, 11) is 0. The van der Waals surface area contributed by atoms with Crippen molar-refractivity contribution in [3.8, 4) is 5.82 Å². The molecule has 0 bridgehead atoms. The third kappa shape index (κ3) is 2.97. The molecule has 21 heavy (non-hydrogen) atoms. The van der Waals surface area contributed by atoms with Crippen molar-refractivity contribution in [2.45, 2.75) is 52.5 Å². The second-order valence-electron chi connectivity index (χ2n) is 6.10. The Labute approximate surface area is 125 Å². The first-order chi connectivity index (χ1) is 10.1. The number of nitrogens with zero attached hydrogens (tertiary/aromatic N) is 4. The number of hydrogen-bond acceptors (Lipinski definition) is 4. The van der Waals surface area contributed by atoms with E-state index in [1.165, 1.54) is 24.1 Å². The highest BCUT2D eigenvalue weighted by molar-refractivity contribution is 5.35. The van der Waals surface area contributed by atoms with Crippen LogP contribution in [-0.2, 0) is 0 Å². The van der Waals surface area contributed by atoms with Crippen LogP contribution in [0.2, 0.25) is 0 Å². The summed E-state index contributed by atoms with van der Waals surface area (Å²) in [5.41, 5.74) is 4.56. The first-order valence-corrected chi connectivity index (χ1v) is 7.64. The minimum atomic E-state index is 0.460. The van der Waals surface area contributed by atoms with Gasteiger partial charge in [0.05, 0.1) is 5.69 Å². The van der Waals surface area contributed by atoms with Gasteiger partial charge in [0.15, 0.2) is 5.82 Å². The predicted molar refractivity (Wildman–Crippen MR) is 82.8 cm³/mol. The summed E-state index contributed by atoms with van der Waals surface area (Å²) in [4.78, 5) is 8.50. The average Bonchev–Trinajstić information content (AvgIpc) is 3.22. The van der Waals surface area contributed by atoms with Gasteiger partial charge < -0.3 is 5.32 Å². The molecule has 0 spiro atoms. The molecule has 5 nitrogen and oxygen atoms in total. The molecule has 5 heteroatoms. The minimum Gasteiger partial charge on any atom is -0.313 e. The lowest BCUT2D eigenvalue weighted by molar-refractivity contribution is 0.607. The maximum Gasteiger partial charge on any atom is 0.157 e. The summed E-state index contributed by atoms with van der Waals surface area (Å²) in [5.74, 6) is 1.30. The van der Waals surface area contributed by atoms with E-state index in [4.69, 9.17) is 0 Å². The summed E-state index contributed by atoms with van der Waals surface area (Å²) < 4.78 is 1.94. The van der Waals surface area contributed by atoms with E-state index in [9.17, 15) is 0 Å². The van der Waals surface area contributed by atoms with Crippen molar-refractivity contribution in [3.63, 3.8) is 0 Å². The largest absolute Gasteiger partial charge is 0.313 e. The maximum absolute atomic E-state index is 4.68. The molecule has 0 aromatic carbocycles. The van der Waals surface area contributed by atoms with E-state index in [0.29, 0.717) is 5.92 Å². The lowest BCUT2D eigenvalue weighted by Crippen LogP contribution is -2.22. The third-order valence-corrected chi connectivity index (χ3v) is 4.14. The van der Waals surface area contributed by atoms with Gasteiger partial charge in [0.2, 0.25) is 0 Å². The fraction of sp³-hybridized carbons (Fsp3) is 0.562. The quantitative estimate of drug-likeness (QED) is 0.916. The van der Waals surface area contributed by atoms with E-state index in [1.54, 1.807) is 6.33 Å². The summed E-state index contributed by atoms with van der Waals surface area (Å²) in [6.45, 7) is 9.46. The molecule has 2 aromatic heterocycles. The Morgan fingerprint density at radius 1 is 1.29 bits per heavy atom. The fourth-order valence-electron chi connectivity index (χ4n) is 2.88. The van der Waals surface area contributed by atoms with Crippen LogP contribution in [0.15, 0.2) is 12.4 Å². The Morgan fingerprint density at radius 2 is 2.05 bits per heavy atom. The lowest BCUT2D eigenvalue weighted by Gasteiger charge is -2.13. The summed E-state index contributed by atoms with van der Waals surface area (Å²) in [6.07, 6.45) is 4.24. The highest BCUT2D eigenvalue weighted by atomic mass is 15.3. The van der Waals surface area contributed by atoms with E-state index in [1.807, 2.05) is 17.7 Å². The van der Waals surface area contributed by atoms with Crippen molar-refractivity contribution in [1.82, 2.24) is 25.1 Å². The van der Waals surface area contributed by atoms with Crippen LogP contribution in [0.4, 0.5) is 0 Å². The molecule has 1 N–H and O–H groups in total. The Morgan fingerprint density at radius 3 is 2.71 bits per heavy atom. The molecule has 1 atom stereocenters. The highest BCUT2D eigenvalue weighted by Crippen LogP contribution is 2.26. The van der Waals surface area contributed by atoms with E-state index in [-0.39, 0.29) is 0 Å². The molecular formula is C16H23N5. The molecule has 2 heterocycles. The highest BCUT2D eigenvalue weighted by Gasteiger charge is 2.23. The van der Waals surface area contributed by atoms with Gasteiger partial charge in [-0.15, -0.1) is 0 Å². The average molecular weight is 285 g/mol. The monoisotopic (exact) mass is 285 g/mol. The zero-order valence-electron chi connectivity index (χ0n) is 13.2. The summed E-state index contributed by atoms with van der Waals surface area (Å²) in [6, 6.07) is 2.71. The Kier molecular flexibility index (Phi) is 3.76. The van der Waals surface area contributed by atoms with Crippen LogP contribution in [0, 0.1) is 20.8 Å². The fourth-order valence-corrected chi connectivity index (χ4v) is 2.88. The molecule has 0 saturated heterocycles. The molecule has 1 aliphatic rings. The molecule has 0 aliphatic heterocycles.